The lowest BCUT2D eigenvalue weighted by atomic mass is 9.92. The van der Waals surface area contributed by atoms with Gasteiger partial charge in [-0.3, -0.25) is 4.79 Å². The molecule has 0 unspecified atom stereocenters. The molecule has 0 spiro atoms. The first-order valence-electron chi connectivity index (χ1n) is 5.17. The van der Waals surface area contributed by atoms with E-state index in [9.17, 15) is 9.59 Å². The van der Waals surface area contributed by atoms with Crippen LogP contribution in [0, 0.1) is 11.8 Å². The Hall–Kier alpha value is -1.06. The fraction of sp³-hybridized carbons (Fsp3) is 0.818. The van der Waals surface area contributed by atoms with Crippen molar-refractivity contribution in [2.75, 3.05) is 14.2 Å². The van der Waals surface area contributed by atoms with Gasteiger partial charge in [-0.05, 0) is 5.92 Å². The summed E-state index contributed by atoms with van der Waals surface area (Å²) in [5, 5.41) is 0. The van der Waals surface area contributed by atoms with Crippen molar-refractivity contribution in [3.63, 3.8) is 0 Å². The number of hydrogen-bond donors (Lipinski definition) is 0. The summed E-state index contributed by atoms with van der Waals surface area (Å²) in [7, 11) is 2.91. The Kier molecular flexibility index (Phi) is 5.33. The van der Waals surface area contributed by atoms with E-state index in [0.717, 1.165) is 0 Å². The third kappa shape index (κ3) is 3.53. The Morgan fingerprint density at radius 2 is 1.60 bits per heavy atom. The van der Waals surface area contributed by atoms with Crippen molar-refractivity contribution in [3.8, 4) is 0 Å². The van der Waals surface area contributed by atoms with Gasteiger partial charge in [-0.25, -0.2) is 4.79 Å². The number of rotatable bonds is 4. The van der Waals surface area contributed by atoms with Crippen LogP contribution in [-0.4, -0.2) is 37.0 Å². The smallest absolute Gasteiger partial charge is 0.409 e. The third-order valence-electron chi connectivity index (χ3n) is 2.37. The van der Waals surface area contributed by atoms with Gasteiger partial charge in [0.1, 0.15) is 0 Å². The van der Waals surface area contributed by atoms with E-state index in [-0.39, 0.29) is 17.6 Å². The van der Waals surface area contributed by atoms with Gasteiger partial charge in [-0.2, -0.15) is 0 Å². The summed E-state index contributed by atoms with van der Waals surface area (Å²) in [5.41, 5.74) is 0. The fourth-order valence-corrected chi connectivity index (χ4v) is 1.57. The van der Waals surface area contributed by atoms with Crippen LogP contribution >= 0.6 is 0 Å². The summed E-state index contributed by atoms with van der Waals surface area (Å²) in [5.74, 6) is 0.0754. The molecule has 0 aliphatic heterocycles. The van der Waals surface area contributed by atoms with E-state index in [1.807, 2.05) is 27.7 Å². The molecule has 0 bridgehead atoms. The molecule has 0 radical (unpaired) electrons. The van der Waals surface area contributed by atoms with Crippen LogP contribution in [0.3, 0.4) is 0 Å². The molecule has 4 nitrogen and oxygen atoms in total. The molecular formula is C11H21NO3. The number of methoxy groups -OCH3 is 1. The zero-order valence-electron chi connectivity index (χ0n) is 10.4. The average molecular weight is 215 g/mol. The Morgan fingerprint density at radius 3 is 1.87 bits per heavy atom. The molecule has 0 rings (SSSR count). The van der Waals surface area contributed by atoms with E-state index < -0.39 is 12.1 Å². The van der Waals surface area contributed by atoms with Crippen LogP contribution in [0.25, 0.3) is 0 Å². The second-order valence-electron chi connectivity index (χ2n) is 4.33. The summed E-state index contributed by atoms with van der Waals surface area (Å²) >= 11 is 0. The average Bonchev–Trinajstić information content (AvgIpc) is 2.15. The topological polar surface area (TPSA) is 46.6 Å². The maximum Gasteiger partial charge on any atom is 0.409 e. The highest BCUT2D eigenvalue weighted by Crippen LogP contribution is 2.15. The number of ketones is 1. The summed E-state index contributed by atoms with van der Waals surface area (Å²) in [6.07, 6.45) is -0.470. The Balaban J connectivity index is 4.82. The van der Waals surface area contributed by atoms with Gasteiger partial charge in [0.15, 0.2) is 5.78 Å². The highest BCUT2D eigenvalue weighted by molar-refractivity contribution is 5.88. The lowest BCUT2D eigenvalue weighted by Gasteiger charge is -2.30. The van der Waals surface area contributed by atoms with Gasteiger partial charge < -0.3 is 9.64 Å². The van der Waals surface area contributed by atoms with Crippen molar-refractivity contribution in [1.29, 1.82) is 0 Å². The van der Waals surface area contributed by atoms with E-state index in [1.165, 1.54) is 12.0 Å². The summed E-state index contributed by atoms with van der Waals surface area (Å²) in [4.78, 5) is 24.6. The summed E-state index contributed by atoms with van der Waals surface area (Å²) in [6.45, 7) is 7.51. The second-order valence-corrected chi connectivity index (χ2v) is 4.33. The Morgan fingerprint density at radius 1 is 1.13 bits per heavy atom. The minimum Gasteiger partial charge on any atom is -0.453 e. The highest BCUT2D eigenvalue weighted by atomic mass is 16.5. The molecule has 0 aliphatic carbocycles. The normalized spacial score (nSPS) is 12.8. The molecule has 88 valence electrons. The number of carbonyl (C=O) groups excluding carboxylic acids is 2. The predicted octanol–water partition coefficient (Wildman–Crippen LogP) is 1.93. The highest BCUT2D eigenvalue weighted by Gasteiger charge is 2.31. The van der Waals surface area contributed by atoms with Gasteiger partial charge in [0, 0.05) is 13.0 Å². The van der Waals surface area contributed by atoms with Crippen LogP contribution in [-0.2, 0) is 9.53 Å². The monoisotopic (exact) mass is 215 g/mol. The van der Waals surface area contributed by atoms with Crippen molar-refractivity contribution in [1.82, 2.24) is 4.90 Å². The summed E-state index contributed by atoms with van der Waals surface area (Å²) < 4.78 is 4.61. The fourth-order valence-electron chi connectivity index (χ4n) is 1.57. The molecule has 4 heteroatoms. The van der Waals surface area contributed by atoms with Crippen LogP contribution in [0.2, 0.25) is 0 Å². The SMILES string of the molecule is COC(=O)N(C)[C@H](C(=O)C(C)C)C(C)C. The second kappa shape index (κ2) is 5.73. The van der Waals surface area contributed by atoms with E-state index >= 15 is 0 Å². The maximum absolute atomic E-state index is 11.9. The molecular weight excluding hydrogens is 194 g/mol. The zero-order chi connectivity index (χ0) is 12.2. The van der Waals surface area contributed by atoms with Crippen LogP contribution in [0.15, 0.2) is 0 Å². The van der Waals surface area contributed by atoms with Crippen molar-refractivity contribution in [2.45, 2.75) is 33.7 Å². The molecule has 1 atom stereocenters. The van der Waals surface area contributed by atoms with Crippen LogP contribution in [0.4, 0.5) is 4.79 Å². The molecule has 1 amide bonds. The number of nitrogens with zero attached hydrogens (tertiary/aromatic N) is 1. The lowest BCUT2D eigenvalue weighted by Crippen LogP contribution is -2.47. The van der Waals surface area contributed by atoms with Gasteiger partial charge in [-0.15, -0.1) is 0 Å². The molecule has 0 heterocycles. The Bertz CT molecular complexity index is 236. The zero-order valence-corrected chi connectivity index (χ0v) is 10.4. The van der Waals surface area contributed by atoms with E-state index in [2.05, 4.69) is 4.74 Å². The first-order valence-corrected chi connectivity index (χ1v) is 5.17. The quantitative estimate of drug-likeness (QED) is 0.720. The van der Waals surface area contributed by atoms with Gasteiger partial charge in [-0.1, -0.05) is 27.7 Å². The van der Waals surface area contributed by atoms with Gasteiger partial charge in [0.05, 0.1) is 13.2 Å². The molecule has 0 aromatic heterocycles. The van der Waals surface area contributed by atoms with Crippen LogP contribution in [0.1, 0.15) is 27.7 Å². The minimum absolute atomic E-state index is 0.0675. The molecule has 0 aromatic rings. The third-order valence-corrected chi connectivity index (χ3v) is 2.37. The van der Waals surface area contributed by atoms with Gasteiger partial charge in [0.2, 0.25) is 0 Å². The number of Topliss-reactive ketones (excluding diaryl/α,β-unsaturated/α-hetero) is 1. The van der Waals surface area contributed by atoms with E-state index in [0.29, 0.717) is 0 Å². The molecule has 0 saturated carbocycles. The first kappa shape index (κ1) is 13.9. The Labute approximate surface area is 91.6 Å². The first-order chi connectivity index (χ1) is 6.82. The number of ether oxygens (including phenoxy) is 1. The van der Waals surface area contributed by atoms with Crippen molar-refractivity contribution in [2.24, 2.45) is 11.8 Å². The van der Waals surface area contributed by atoms with E-state index in [4.69, 9.17) is 0 Å². The number of amides is 1. The minimum atomic E-state index is -0.470. The number of likely N-dealkylation sites (N-methyl/N-ethyl adjacent to an activating group) is 1. The molecule has 0 N–H and O–H groups in total. The summed E-state index contributed by atoms with van der Waals surface area (Å²) in [6, 6.07) is -0.405. The molecule has 0 aromatic carbocycles. The lowest BCUT2D eigenvalue weighted by molar-refractivity contribution is -0.127. The van der Waals surface area contributed by atoms with Crippen molar-refractivity contribution in [3.05, 3.63) is 0 Å². The maximum atomic E-state index is 11.9. The van der Waals surface area contributed by atoms with E-state index in [1.54, 1.807) is 7.05 Å². The molecule has 0 saturated heterocycles. The van der Waals surface area contributed by atoms with Crippen molar-refractivity contribution >= 4 is 11.9 Å². The van der Waals surface area contributed by atoms with Gasteiger partial charge >= 0.3 is 6.09 Å². The molecule has 15 heavy (non-hydrogen) atoms. The molecule has 0 fully saturated rings. The standard InChI is InChI=1S/C11H21NO3/c1-7(2)9(10(13)8(3)4)12(5)11(14)15-6/h7-9H,1-6H3/t9-/m0/s1. The molecule has 0 aliphatic rings. The van der Waals surface area contributed by atoms with Crippen LogP contribution < -0.4 is 0 Å². The predicted molar refractivity (Wildman–Crippen MR) is 58.6 cm³/mol. The van der Waals surface area contributed by atoms with Crippen molar-refractivity contribution < 1.29 is 14.3 Å². The largest absolute Gasteiger partial charge is 0.453 e. The number of hydrogen-bond acceptors (Lipinski definition) is 3. The number of carbonyl (C=O) groups is 2. The van der Waals surface area contributed by atoms with Crippen LogP contribution in [0.5, 0.6) is 0 Å². The van der Waals surface area contributed by atoms with Gasteiger partial charge in [0.25, 0.3) is 0 Å².